The minimum Gasteiger partial charge on any atom is -0.383 e. The summed E-state index contributed by atoms with van der Waals surface area (Å²) in [5.74, 6) is 0.217. The van der Waals surface area contributed by atoms with Gasteiger partial charge in [-0.2, -0.15) is 0 Å². The second-order valence-electron chi connectivity index (χ2n) is 5.59. The van der Waals surface area contributed by atoms with Crippen LogP contribution < -0.4 is 5.32 Å². The molecule has 1 aliphatic rings. The van der Waals surface area contributed by atoms with Crippen molar-refractivity contribution in [2.45, 2.75) is 46.2 Å². The number of carbonyl (C=O) groups is 2. The number of nitrogens with zero attached hydrogens (tertiary/aromatic N) is 1. The third-order valence-electron chi connectivity index (χ3n) is 3.83. The molecule has 0 radical (unpaired) electrons. The Morgan fingerprint density at radius 2 is 1.95 bits per heavy atom. The molecule has 5 nitrogen and oxygen atoms in total. The highest BCUT2D eigenvalue weighted by molar-refractivity contribution is 5.97. The van der Waals surface area contributed by atoms with Crippen LogP contribution in [0.15, 0.2) is 0 Å². The molecular weight excluding hydrogens is 244 g/mol. The number of carbonyl (C=O) groups excluding carboxylic acids is 2. The van der Waals surface area contributed by atoms with Crippen LogP contribution in [0.5, 0.6) is 0 Å². The van der Waals surface area contributed by atoms with E-state index in [1.807, 2.05) is 27.7 Å². The fourth-order valence-corrected chi connectivity index (χ4v) is 2.48. The van der Waals surface area contributed by atoms with Crippen LogP contribution in [0.25, 0.3) is 0 Å². The fourth-order valence-electron chi connectivity index (χ4n) is 2.48. The number of methoxy groups -OCH3 is 1. The van der Waals surface area contributed by atoms with Gasteiger partial charge in [0.1, 0.15) is 12.1 Å². The van der Waals surface area contributed by atoms with Gasteiger partial charge >= 0.3 is 0 Å². The Bertz CT molecular complexity index is 331. The van der Waals surface area contributed by atoms with E-state index in [2.05, 4.69) is 5.32 Å². The highest BCUT2D eigenvalue weighted by atomic mass is 16.5. The third-order valence-corrected chi connectivity index (χ3v) is 3.83. The molecule has 1 fully saturated rings. The van der Waals surface area contributed by atoms with E-state index in [9.17, 15) is 9.59 Å². The van der Waals surface area contributed by atoms with Crippen molar-refractivity contribution in [3.05, 3.63) is 0 Å². The first-order valence-electron chi connectivity index (χ1n) is 7.03. The minimum atomic E-state index is -0.399. The topological polar surface area (TPSA) is 58.6 Å². The lowest BCUT2D eigenvalue weighted by Gasteiger charge is -2.42. The molecule has 110 valence electrons. The van der Waals surface area contributed by atoms with E-state index in [1.165, 1.54) is 0 Å². The van der Waals surface area contributed by atoms with Crippen LogP contribution in [0.2, 0.25) is 0 Å². The van der Waals surface area contributed by atoms with Crippen LogP contribution in [-0.4, -0.2) is 49.1 Å². The first-order chi connectivity index (χ1) is 8.93. The van der Waals surface area contributed by atoms with Crippen LogP contribution in [0.3, 0.4) is 0 Å². The van der Waals surface area contributed by atoms with Gasteiger partial charge in [-0.05, 0) is 11.8 Å². The molecule has 0 aromatic rings. The summed E-state index contributed by atoms with van der Waals surface area (Å²) in [6, 6.07) is -0.785. The van der Waals surface area contributed by atoms with Gasteiger partial charge in [-0.15, -0.1) is 0 Å². The molecule has 0 aromatic heterocycles. The summed E-state index contributed by atoms with van der Waals surface area (Å²) in [7, 11) is 1.60. The lowest BCUT2D eigenvalue weighted by molar-refractivity contribution is -0.153. The van der Waals surface area contributed by atoms with Crippen molar-refractivity contribution in [3.8, 4) is 0 Å². The summed E-state index contributed by atoms with van der Waals surface area (Å²) in [6.07, 6.45) is 0.862. The smallest absolute Gasteiger partial charge is 0.246 e. The zero-order chi connectivity index (χ0) is 14.6. The highest BCUT2D eigenvalue weighted by Crippen LogP contribution is 2.21. The second kappa shape index (κ2) is 6.89. The van der Waals surface area contributed by atoms with Crippen LogP contribution in [0.4, 0.5) is 0 Å². The maximum absolute atomic E-state index is 12.5. The molecule has 1 rings (SSSR count). The molecule has 3 unspecified atom stereocenters. The predicted octanol–water partition coefficient (Wildman–Crippen LogP) is 1.03. The van der Waals surface area contributed by atoms with Gasteiger partial charge in [0.2, 0.25) is 11.8 Å². The van der Waals surface area contributed by atoms with Crippen molar-refractivity contribution in [1.82, 2.24) is 10.2 Å². The highest BCUT2D eigenvalue weighted by Gasteiger charge is 2.43. The van der Waals surface area contributed by atoms with Crippen LogP contribution in [0.1, 0.15) is 34.1 Å². The zero-order valence-electron chi connectivity index (χ0n) is 12.6. The van der Waals surface area contributed by atoms with Gasteiger partial charge in [0.25, 0.3) is 0 Å². The molecule has 0 bridgehead atoms. The number of hydrogen-bond donors (Lipinski definition) is 1. The van der Waals surface area contributed by atoms with Crippen molar-refractivity contribution in [1.29, 1.82) is 0 Å². The van der Waals surface area contributed by atoms with E-state index in [-0.39, 0.29) is 29.7 Å². The third kappa shape index (κ3) is 3.47. The summed E-state index contributed by atoms with van der Waals surface area (Å²) < 4.78 is 5.05. The Hall–Kier alpha value is -1.10. The van der Waals surface area contributed by atoms with Gasteiger partial charge in [0.15, 0.2) is 0 Å². The first-order valence-corrected chi connectivity index (χ1v) is 7.03. The summed E-state index contributed by atoms with van der Waals surface area (Å²) in [6.45, 7) is 8.86. The average molecular weight is 270 g/mol. The minimum absolute atomic E-state index is 0.0182. The normalized spacial score (nSPS) is 25.7. The van der Waals surface area contributed by atoms with Crippen molar-refractivity contribution < 1.29 is 14.3 Å². The standard InChI is InChI=1S/C14H26N2O3/c1-6-10(4)11-14(18)16(7-8-19-5)12(9(2)3)13(17)15-11/h9-12H,6-8H2,1-5H3,(H,15,17). The number of ether oxygens (including phenoxy) is 1. The molecule has 0 aliphatic carbocycles. The van der Waals surface area contributed by atoms with Crippen molar-refractivity contribution in [2.75, 3.05) is 20.3 Å². The number of rotatable bonds is 6. The summed E-state index contributed by atoms with van der Waals surface area (Å²) >= 11 is 0. The number of amides is 2. The number of hydrogen-bond acceptors (Lipinski definition) is 3. The van der Waals surface area contributed by atoms with E-state index in [1.54, 1.807) is 12.0 Å². The fraction of sp³-hybridized carbons (Fsp3) is 0.857. The molecule has 5 heteroatoms. The largest absolute Gasteiger partial charge is 0.383 e. The molecule has 3 atom stereocenters. The Kier molecular flexibility index (Phi) is 5.79. The Morgan fingerprint density at radius 1 is 1.32 bits per heavy atom. The Balaban J connectivity index is 2.94. The molecular formula is C14H26N2O3. The maximum atomic E-state index is 12.5. The molecule has 1 saturated heterocycles. The quantitative estimate of drug-likeness (QED) is 0.784. The molecule has 1 heterocycles. The Morgan fingerprint density at radius 3 is 2.42 bits per heavy atom. The molecule has 19 heavy (non-hydrogen) atoms. The predicted molar refractivity (Wildman–Crippen MR) is 73.6 cm³/mol. The summed E-state index contributed by atoms with van der Waals surface area (Å²) in [5, 5.41) is 2.88. The van der Waals surface area contributed by atoms with E-state index in [4.69, 9.17) is 4.74 Å². The maximum Gasteiger partial charge on any atom is 0.246 e. The first kappa shape index (κ1) is 16.0. The summed E-state index contributed by atoms with van der Waals surface area (Å²) in [4.78, 5) is 26.5. The monoisotopic (exact) mass is 270 g/mol. The SMILES string of the molecule is CCC(C)C1NC(=O)C(C(C)C)N(CCOC)C1=O. The van der Waals surface area contributed by atoms with Crippen molar-refractivity contribution >= 4 is 11.8 Å². The van der Waals surface area contributed by atoms with Crippen LogP contribution in [-0.2, 0) is 14.3 Å². The average Bonchev–Trinajstić information content (AvgIpc) is 2.37. The molecule has 2 amide bonds. The van der Waals surface area contributed by atoms with Crippen LogP contribution in [0, 0.1) is 11.8 Å². The molecule has 1 aliphatic heterocycles. The van der Waals surface area contributed by atoms with E-state index in [0.29, 0.717) is 13.2 Å². The summed E-state index contributed by atoms with van der Waals surface area (Å²) in [5.41, 5.74) is 0. The van der Waals surface area contributed by atoms with Gasteiger partial charge in [-0.25, -0.2) is 0 Å². The number of piperazine rings is 1. The Labute approximate surface area is 115 Å². The molecule has 0 spiro atoms. The van der Waals surface area contributed by atoms with E-state index >= 15 is 0 Å². The van der Waals surface area contributed by atoms with Crippen LogP contribution >= 0.6 is 0 Å². The lowest BCUT2D eigenvalue weighted by atomic mass is 9.91. The second-order valence-corrected chi connectivity index (χ2v) is 5.59. The van der Waals surface area contributed by atoms with E-state index < -0.39 is 6.04 Å². The van der Waals surface area contributed by atoms with Crippen molar-refractivity contribution in [3.63, 3.8) is 0 Å². The molecule has 1 N–H and O–H groups in total. The van der Waals surface area contributed by atoms with E-state index in [0.717, 1.165) is 6.42 Å². The molecule has 0 aromatic carbocycles. The molecule has 0 saturated carbocycles. The van der Waals surface area contributed by atoms with Gasteiger partial charge < -0.3 is 15.0 Å². The lowest BCUT2D eigenvalue weighted by Crippen LogP contribution is -2.66. The van der Waals surface area contributed by atoms with Gasteiger partial charge in [-0.1, -0.05) is 34.1 Å². The number of nitrogens with one attached hydrogen (secondary N) is 1. The zero-order valence-corrected chi connectivity index (χ0v) is 12.6. The van der Waals surface area contributed by atoms with Gasteiger partial charge in [-0.3, -0.25) is 9.59 Å². The van der Waals surface area contributed by atoms with Gasteiger partial charge in [0.05, 0.1) is 6.61 Å². The van der Waals surface area contributed by atoms with Crippen molar-refractivity contribution in [2.24, 2.45) is 11.8 Å². The van der Waals surface area contributed by atoms with Gasteiger partial charge in [0, 0.05) is 13.7 Å².